The minimum absolute atomic E-state index is 0.00644. The number of aromatic nitrogens is 3. The Kier molecular flexibility index (Phi) is 2.76. The third-order valence-electron chi connectivity index (χ3n) is 2.90. The smallest absolute Gasteiger partial charge is 0.178 e. The second kappa shape index (κ2) is 4.29. The zero-order valence-corrected chi connectivity index (χ0v) is 11.2. The number of H-pyrrole nitrogens is 1. The first-order chi connectivity index (χ1) is 8.68. The Morgan fingerprint density at radius 2 is 2.33 bits per heavy atom. The van der Waals surface area contributed by atoms with Crippen LogP contribution < -0.4 is 0 Å². The Balaban J connectivity index is 2.26. The minimum atomic E-state index is -0.288. The van der Waals surface area contributed by atoms with Crippen LogP contribution in [0.1, 0.15) is 18.0 Å². The highest BCUT2D eigenvalue weighted by Crippen LogP contribution is 2.26. The fourth-order valence-electron chi connectivity index (χ4n) is 2.05. The monoisotopic (exact) mass is 279 g/mol. The molecule has 2 heterocycles. The van der Waals surface area contributed by atoms with Crippen molar-refractivity contribution in [1.29, 1.82) is 0 Å². The lowest BCUT2D eigenvalue weighted by molar-refractivity contribution is 0.636. The second-order valence-electron chi connectivity index (χ2n) is 3.98. The molecule has 1 N–H and O–H groups in total. The number of rotatable bonds is 2. The van der Waals surface area contributed by atoms with Gasteiger partial charge in [0.25, 0.3) is 0 Å². The van der Waals surface area contributed by atoms with Crippen LogP contribution in [0.2, 0.25) is 0 Å². The van der Waals surface area contributed by atoms with Crippen LogP contribution in [-0.2, 0) is 0 Å². The highest BCUT2D eigenvalue weighted by atomic mass is 32.1. The Labute approximate surface area is 112 Å². The Morgan fingerprint density at radius 1 is 1.50 bits per heavy atom. The van der Waals surface area contributed by atoms with E-state index in [1.54, 1.807) is 23.6 Å². The molecule has 2 aromatic heterocycles. The summed E-state index contributed by atoms with van der Waals surface area (Å²) in [6, 6.07) is 4.96. The van der Waals surface area contributed by atoms with Gasteiger partial charge < -0.3 is 9.55 Å². The average Bonchev–Trinajstić information content (AvgIpc) is 2.96. The van der Waals surface area contributed by atoms with Gasteiger partial charge in [0.05, 0.1) is 11.6 Å². The fourth-order valence-corrected chi connectivity index (χ4v) is 3.09. The molecule has 1 atom stereocenters. The van der Waals surface area contributed by atoms with Crippen LogP contribution >= 0.6 is 23.6 Å². The van der Waals surface area contributed by atoms with E-state index in [-0.39, 0.29) is 11.9 Å². The number of halogens is 1. The molecule has 0 amide bonds. The summed E-state index contributed by atoms with van der Waals surface area (Å²) in [5.74, 6) is -0.288. The molecule has 0 spiro atoms. The van der Waals surface area contributed by atoms with Crippen molar-refractivity contribution in [3.63, 3.8) is 0 Å². The SMILES string of the molecule is CC(c1nccs1)n1c(=S)[nH]c2c(F)cccc21. The highest BCUT2D eigenvalue weighted by Gasteiger charge is 2.16. The molecule has 0 radical (unpaired) electrons. The van der Waals surface area contributed by atoms with Crippen LogP contribution in [0.15, 0.2) is 29.8 Å². The molecule has 3 nitrogen and oxygen atoms in total. The molecule has 6 heteroatoms. The van der Waals surface area contributed by atoms with E-state index in [4.69, 9.17) is 12.2 Å². The number of nitrogens with zero attached hydrogens (tertiary/aromatic N) is 2. The molecule has 1 unspecified atom stereocenters. The van der Waals surface area contributed by atoms with Crippen molar-refractivity contribution >= 4 is 34.6 Å². The molecule has 3 rings (SSSR count). The average molecular weight is 279 g/mol. The lowest BCUT2D eigenvalue weighted by atomic mass is 10.2. The predicted molar refractivity (Wildman–Crippen MR) is 73.0 cm³/mol. The minimum Gasteiger partial charge on any atom is -0.328 e. The quantitative estimate of drug-likeness (QED) is 0.722. The lowest BCUT2D eigenvalue weighted by Crippen LogP contribution is -2.06. The van der Waals surface area contributed by atoms with Crippen molar-refractivity contribution in [1.82, 2.24) is 14.5 Å². The summed E-state index contributed by atoms with van der Waals surface area (Å²) in [5.41, 5.74) is 1.22. The van der Waals surface area contributed by atoms with Crippen LogP contribution in [-0.4, -0.2) is 14.5 Å². The zero-order chi connectivity index (χ0) is 12.7. The molecular formula is C12H10FN3S2. The van der Waals surface area contributed by atoms with Gasteiger partial charge in [-0.15, -0.1) is 11.3 Å². The number of aromatic amines is 1. The largest absolute Gasteiger partial charge is 0.328 e. The molecule has 0 saturated carbocycles. The van der Waals surface area contributed by atoms with Crippen LogP contribution in [0, 0.1) is 10.6 Å². The number of imidazole rings is 1. The van der Waals surface area contributed by atoms with Crippen LogP contribution in [0.5, 0.6) is 0 Å². The highest BCUT2D eigenvalue weighted by molar-refractivity contribution is 7.71. The van der Waals surface area contributed by atoms with Crippen molar-refractivity contribution in [3.05, 3.63) is 45.4 Å². The van der Waals surface area contributed by atoms with Gasteiger partial charge in [-0.3, -0.25) is 0 Å². The van der Waals surface area contributed by atoms with Gasteiger partial charge in [0.2, 0.25) is 0 Å². The summed E-state index contributed by atoms with van der Waals surface area (Å²) in [6.07, 6.45) is 1.76. The van der Waals surface area contributed by atoms with Gasteiger partial charge in [0.1, 0.15) is 16.3 Å². The zero-order valence-electron chi connectivity index (χ0n) is 9.55. The normalized spacial score (nSPS) is 13.0. The number of para-hydroxylation sites is 1. The summed E-state index contributed by atoms with van der Waals surface area (Å²) >= 11 is 6.85. The molecule has 92 valence electrons. The number of thiazole rings is 1. The molecule has 0 aliphatic rings. The van der Waals surface area contributed by atoms with Crippen molar-refractivity contribution in [2.75, 3.05) is 0 Å². The van der Waals surface area contributed by atoms with Gasteiger partial charge >= 0.3 is 0 Å². The molecule has 1 aromatic carbocycles. The van der Waals surface area contributed by atoms with Crippen molar-refractivity contribution < 1.29 is 4.39 Å². The van der Waals surface area contributed by atoms with Gasteiger partial charge in [-0.25, -0.2) is 9.37 Å². The summed E-state index contributed by atoms with van der Waals surface area (Å²) in [4.78, 5) is 7.20. The van der Waals surface area contributed by atoms with Gasteiger partial charge in [-0.05, 0) is 31.3 Å². The van der Waals surface area contributed by atoms with Gasteiger partial charge in [0.15, 0.2) is 4.77 Å². The predicted octanol–water partition coefficient (Wildman–Crippen LogP) is 3.90. The molecular weight excluding hydrogens is 269 g/mol. The molecule has 0 aliphatic heterocycles. The van der Waals surface area contributed by atoms with Crippen LogP contribution in [0.4, 0.5) is 4.39 Å². The number of nitrogens with one attached hydrogen (secondary N) is 1. The van der Waals surface area contributed by atoms with Crippen LogP contribution in [0.3, 0.4) is 0 Å². The fraction of sp³-hybridized carbons (Fsp3) is 0.167. The molecule has 3 aromatic rings. The van der Waals surface area contributed by atoms with E-state index in [0.29, 0.717) is 10.3 Å². The summed E-state index contributed by atoms with van der Waals surface area (Å²) in [5, 5.41) is 2.88. The first-order valence-corrected chi connectivity index (χ1v) is 6.75. The van der Waals surface area contributed by atoms with Gasteiger partial charge in [-0.2, -0.15) is 0 Å². The van der Waals surface area contributed by atoms with Crippen LogP contribution in [0.25, 0.3) is 11.0 Å². The standard InChI is InChI=1S/C12H10FN3S2/c1-7(11-14-5-6-18-11)16-9-4-2-3-8(13)10(9)15-12(16)17/h2-7H,1H3,(H,15,17). The van der Waals surface area contributed by atoms with E-state index in [9.17, 15) is 4.39 Å². The topological polar surface area (TPSA) is 33.6 Å². The second-order valence-corrected chi connectivity index (χ2v) is 5.29. The van der Waals surface area contributed by atoms with Crippen molar-refractivity contribution in [3.8, 4) is 0 Å². The maximum atomic E-state index is 13.7. The first kappa shape index (κ1) is 11.6. The van der Waals surface area contributed by atoms with E-state index in [1.165, 1.54) is 6.07 Å². The summed E-state index contributed by atoms with van der Waals surface area (Å²) < 4.78 is 16.1. The molecule has 0 saturated heterocycles. The van der Waals surface area contributed by atoms with E-state index in [1.807, 2.05) is 22.9 Å². The number of hydrogen-bond donors (Lipinski definition) is 1. The summed E-state index contributed by atoms with van der Waals surface area (Å²) in [7, 11) is 0. The van der Waals surface area contributed by atoms with E-state index >= 15 is 0 Å². The Hall–Kier alpha value is -1.53. The third kappa shape index (κ3) is 1.69. The van der Waals surface area contributed by atoms with Crippen molar-refractivity contribution in [2.45, 2.75) is 13.0 Å². The maximum absolute atomic E-state index is 13.7. The lowest BCUT2D eigenvalue weighted by Gasteiger charge is -2.11. The van der Waals surface area contributed by atoms with Gasteiger partial charge in [-0.1, -0.05) is 6.07 Å². The van der Waals surface area contributed by atoms with Crippen molar-refractivity contribution in [2.24, 2.45) is 0 Å². The Morgan fingerprint density at radius 3 is 3.06 bits per heavy atom. The molecule has 0 aliphatic carbocycles. The number of benzene rings is 1. The maximum Gasteiger partial charge on any atom is 0.178 e. The molecule has 0 bridgehead atoms. The Bertz CT molecular complexity index is 742. The molecule has 18 heavy (non-hydrogen) atoms. The molecule has 0 fully saturated rings. The van der Waals surface area contributed by atoms with E-state index in [0.717, 1.165) is 10.5 Å². The van der Waals surface area contributed by atoms with Gasteiger partial charge in [0, 0.05) is 11.6 Å². The number of hydrogen-bond acceptors (Lipinski definition) is 3. The van der Waals surface area contributed by atoms with E-state index in [2.05, 4.69) is 9.97 Å². The first-order valence-electron chi connectivity index (χ1n) is 5.46. The number of fused-ring (bicyclic) bond motifs is 1. The summed E-state index contributed by atoms with van der Waals surface area (Å²) in [6.45, 7) is 2.01. The van der Waals surface area contributed by atoms with E-state index < -0.39 is 0 Å². The third-order valence-corrected chi connectivity index (χ3v) is 4.14.